The molecule has 88 valence electrons. The molecule has 0 aromatic carbocycles. The van der Waals surface area contributed by atoms with Crippen LogP contribution in [-0.4, -0.2) is 24.1 Å². The average molecular weight is 284 g/mol. The van der Waals surface area contributed by atoms with Gasteiger partial charge in [-0.15, -0.1) is 0 Å². The van der Waals surface area contributed by atoms with Crippen LogP contribution in [0.4, 0.5) is 5.82 Å². The molecule has 4 heteroatoms. The number of anilines is 1. The number of aromatic nitrogens is 1. The molecule has 2 rings (SSSR count). The average Bonchev–Trinajstić information content (AvgIpc) is 2.26. The molecule has 2 unspecified atom stereocenters. The molecule has 0 aliphatic carbocycles. The highest BCUT2D eigenvalue weighted by Gasteiger charge is 2.23. The van der Waals surface area contributed by atoms with Crippen LogP contribution in [-0.2, 0) is 0 Å². The Bertz CT molecular complexity index is 381. The molecule has 1 aliphatic rings. The second-order valence-corrected chi connectivity index (χ2v) is 5.47. The van der Waals surface area contributed by atoms with Gasteiger partial charge < -0.3 is 10.6 Å². The number of nitrogens with zero attached hydrogens (tertiary/aromatic N) is 2. The monoisotopic (exact) mass is 283 g/mol. The summed E-state index contributed by atoms with van der Waals surface area (Å²) in [6.07, 6.45) is 1.15. The minimum atomic E-state index is 0.263. The largest absolute Gasteiger partial charge is 0.355 e. The normalized spacial score (nSPS) is 25.9. The molecule has 0 radical (unpaired) electrons. The predicted octanol–water partition coefficient (Wildman–Crippen LogP) is 2.33. The standard InChI is InChI=1S/C12H18BrN3/c1-8-5-6-16(7-11(8)14)12-4-3-10(13)9(2)15-12/h3-4,8,11H,5-7,14H2,1-2H3. The summed E-state index contributed by atoms with van der Waals surface area (Å²) in [5.41, 5.74) is 7.13. The number of aryl methyl sites for hydroxylation is 1. The number of pyridine rings is 1. The van der Waals surface area contributed by atoms with Gasteiger partial charge in [0.25, 0.3) is 0 Å². The zero-order chi connectivity index (χ0) is 11.7. The molecule has 1 aromatic rings. The third kappa shape index (κ3) is 2.38. The molecule has 1 fully saturated rings. The molecule has 3 nitrogen and oxygen atoms in total. The summed E-state index contributed by atoms with van der Waals surface area (Å²) in [6.45, 7) is 6.21. The SMILES string of the molecule is Cc1nc(N2CCC(C)C(N)C2)ccc1Br. The van der Waals surface area contributed by atoms with Crippen LogP contribution in [0.2, 0.25) is 0 Å². The van der Waals surface area contributed by atoms with Crippen molar-refractivity contribution in [2.45, 2.75) is 26.3 Å². The molecule has 1 aromatic heterocycles. The van der Waals surface area contributed by atoms with Crippen molar-refractivity contribution in [1.82, 2.24) is 4.98 Å². The van der Waals surface area contributed by atoms with E-state index in [1.54, 1.807) is 0 Å². The highest BCUT2D eigenvalue weighted by Crippen LogP contribution is 2.23. The van der Waals surface area contributed by atoms with E-state index in [4.69, 9.17) is 5.73 Å². The lowest BCUT2D eigenvalue weighted by molar-refractivity contribution is 0.378. The second-order valence-electron chi connectivity index (χ2n) is 4.61. The molecule has 2 N–H and O–H groups in total. The Balaban J connectivity index is 2.15. The van der Waals surface area contributed by atoms with E-state index in [1.165, 1.54) is 0 Å². The maximum absolute atomic E-state index is 6.10. The first-order chi connectivity index (χ1) is 7.58. The fourth-order valence-corrected chi connectivity index (χ4v) is 2.24. The molecular formula is C12H18BrN3. The lowest BCUT2D eigenvalue weighted by Crippen LogP contribution is -2.47. The summed E-state index contributed by atoms with van der Waals surface area (Å²) in [7, 11) is 0. The molecule has 0 saturated carbocycles. The summed E-state index contributed by atoms with van der Waals surface area (Å²) >= 11 is 3.47. The van der Waals surface area contributed by atoms with Gasteiger partial charge in [-0.05, 0) is 47.3 Å². The molecule has 1 aliphatic heterocycles. The molecular weight excluding hydrogens is 266 g/mol. The first kappa shape index (κ1) is 11.9. The van der Waals surface area contributed by atoms with Crippen LogP contribution in [0.25, 0.3) is 0 Å². The molecule has 2 atom stereocenters. The van der Waals surface area contributed by atoms with E-state index in [2.05, 4.69) is 44.9 Å². The Labute approximate surface area is 105 Å². The first-order valence-corrected chi connectivity index (χ1v) is 6.51. The van der Waals surface area contributed by atoms with Crippen molar-refractivity contribution in [3.05, 3.63) is 22.3 Å². The summed E-state index contributed by atoms with van der Waals surface area (Å²) in [5, 5.41) is 0. The van der Waals surface area contributed by atoms with E-state index in [0.29, 0.717) is 5.92 Å². The molecule has 16 heavy (non-hydrogen) atoms. The number of piperidine rings is 1. The Morgan fingerprint density at radius 1 is 1.50 bits per heavy atom. The summed E-state index contributed by atoms with van der Waals surface area (Å²) in [6, 6.07) is 4.38. The fourth-order valence-electron chi connectivity index (χ4n) is 2.01. The van der Waals surface area contributed by atoms with Crippen molar-refractivity contribution >= 4 is 21.7 Å². The summed E-state index contributed by atoms with van der Waals surface area (Å²) in [5.74, 6) is 1.66. The Hall–Kier alpha value is -0.610. The molecule has 0 bridgehead atoms. The van der Waals surface area contributed by atoms with Gasteiger partial charge in [0.2, 0.25) is 0 Å². The highest BCUT2D eigenvalue weighted by atomic mass is 79.9. The third-order valence-corrected chi connectivity index (χ3v) is 4.19. The van der Waals surface area contributed by atoms with Gasteiger partial charge in [-0.25, -0.2) is 4.98 Å². The van der Waals surface area contributed by atoms with Gasteiger partial charge in [0.15, 0.2) is 0 Å². The van der Waals surface area contributed by atoms with Crippen LogP contribution in [0.5, 0.6) is 0 Å². The summed E-state index contributed by atoms with van der Waals surface area (Å²) in [4.78, 5) is 6.86. The molecule has 1 saturated heterocycles. The van der Waals surface area contributed by atoms with Gasteiger partial charge >= 0.3 is 0 Å². The van der Waals surface area contributed by atoms with Crippen molar-refractivity contribution < 1.29 is 0 Å². The predicted molar refractivity (Wildman–Crippen MR) is 70.6 cm³/mol. The van der Waals surface area contributed by atoms with E-state index >= 15 is 0 Å². The van der Waals surface area contributed by atoms with Crippen LogP contribution < -0.4 is 10.6 Å². The quantitative estimate of drug-likeness (QED) is 0.860. The minimum Gasteiger partial charge on any atom is -0.355 e. The van der Waals surface area contributed by atoms with Crippen molar-refractivity contribution in [2.75, 3.05) is 18.0 Å². The number of hydrogen-bond acceptors (Lipinski definition) is 3. The van der Waals surface area contributed by atoms with E-state index < -0.39 is 0 Å². The lowest BCUT2D eigenvalue weighted by Gasteiger charge is -2.35. The van der Waals surface area contributed by atoms with Crippen LogP contribution >= 0.6 is 15.9 Å². The minimum absolute atomic E-state index is 0.263. The van der Waals surface area contributed by atoms with Crippen LogP contribution in [0.1, 0.15) is 19.0 Å². The Morgan fingerprint density at radius 3 is 2.88 bits per heavy atom. The van der Waals surface area contributed by atoms with Gasteiger partial charge in [0.1, 0.15) is 5.82 Å². The van der Waals surface area contributed by atoms with E-state index in [1.807, 2.05) is 6.92 Å². The second kappa shape index (κ2) is 4.72. The molecule has 0 amide bonds. The van der Waals surface area contributed by atoms with Crippen molar-refractivity contribution in [3.63, 3.8) is 0 Å². The fraction of sp³-hybridized carbons (Fsp3) is 0.583. The van der Waals surface area contributed by atoms with Crippen LogP contribution in [0, 0.1) is 12.8 Å². The number of rotatable bonds is 1. The Kier molecular flexibility index (Phi) is 3.50. The maximum atomic E-state index is 6.10. The third-order valence-electron chi connectivity index (χ3n) is 3.35. The van der Waals surface area contributed by atoms with E-state index in [0.717, 1.165) is 35.5 Å². The van der Waals surface area contributed by atoms with E-state index in [-0.39, 0.29) is 6.04 Å². The van der Waals surface area contributed by atoms with Crippen LogP contribution in [0.3, 0.4) is 0 Å². The van der Waals surface area contributed by atoms with Crippen LogP contribution in [0.15, 0.2) is 16.6 Å². The lowest BCUT2D eigenvalue weighted by atomic mass is 9.94. The number of halogens is 1. The van der Waals surface area contributed by atoms with Gasteiger partial charge in [0, 0.05) is 23.6 Å². The van der Waals surface area contributed by atoms with E-state index in [9.17, 15) is 0 Å². The van der Waals surface area contributed by atoms with Crippen molar-refractivity contribution in [3.8, 4) is 0 Å². The van der Waals surface area contributed by atoms with Gasteiger partial charge in [-0.3, -0.25) is 0 Å². The topological polar surface area (TPSA) is 42.2 Å². The number of nitrogens with two attached hydrogens (primary N) is 1. The number of hydrogen-bond donors (Lipinski definition) is 1. The smallest absolute Gasteiger partial charge is 0.128 e. The molecule has 2 heterocycles. The highest BCUT2D eigenvalue weighted by molar-refractivity contribution is 9.10. The molecule has 0 spiro atoms. The zero-order valence-corrected chi connectivity index (χ0v) is 11.4. The van der Waals surface area contributed by atoms with Gasteiger partial charge in [-0.1, -0.05) is 6.92 Å². The van der Waals surface area contributed by atoms with Crippen molar-refractivity contribution in [1.29, 1.82) is 0 Å². The maximum Gasteiger partial charge on any atom is 0.128 e. The Morgan fingerprint density at radius 2 is 2.25 bits per heavy atom. The van der Waals surface area contributed by atoms with Crippen molar-refractivity contribution in [2.24, 2.45) is 11.7 Å². The zero-order valence-electron chi connectivity index (χ0n) is 9.78. The first-order valence-electron chi connectivity index (χ1n) is 5.71. The van der Waals surface area contributed by atoms with Gasteiger partial charge in [-0.2, -0.15) is 0 Å². The summed E-state index contributed by atoms with van der Waals surface area (Å²) < 4.78 is 1.06. The van der Waals surface area contributed by atoms with Gasteiger partial charge in [0.05, 0.1) is 5.69 Å².